The van der Waals surface area contributed by atoms with Crippen molar-refractivity contribution < 1.29 is 13.9 Å². The van der Waals surface area contributed by atoms with E-state index in [0.29, 0.717) is 17.8 Å². The third kappa shape index (κ3) is 3.18. The highest BCUT2D eigenvalue weighted by Crippen LogP contribution is 2.23. The van der Waals surface area contributed by atoms with E-state index < -0.39 is 11.2 Å². The highest BCUT2D eigenvalue weighted by molar-refractivity contribution is 5.75. The number of anilines is 1. The number of nitrogen functional groups attached to an aromatic ring is 1. The van der Waals surface area contributed by atoms with Crippen LogP contribution in [0.4, 0.5) is 10.1 Å². The lowest BCUT2D eigenvalue weighted by atomic mass is 9.94. The summed E-state index contributed by atoms with van der Waals surface area (Å²) in [6, 6.07) is 4.44. The van der Waals surface area contributed by atoms with Crippen LogP contribution in [0.2, 0.25) is 0 Å². The number of nitrogens with two attached hydrogens (primary N) is 1. The molecule has 0 unspecified atom stereocenters. The Labute approximate surface area is 121 Å². The van der Waals surface area contributed by atoms with Gasteiger partial charge in [0, 0.05) is 5.56 Å². The Morgan fingerprint density at radius 2 is 2.19 bits per heavy atom. The normalized spacial score (nSPS) is 11.4. The van der Waals surface area contributed by atoms with Crippen molar-refractivity contribution in [1.82, 2.24) is 15.0 Å². The quantitative estimate of drug-likeness (QED) is 0.687. The molecule has 1 heterocycles. The molecule has 1 aromatic heterocycles. The van der Waals surface area contributed by atoms with E-state index in [-0.39, 0.29) is 11.7 Å². The van der Waals surface area contributed by atoms with Crippen LogP contribution >= 0.6 is 0 Å². The lowest BCUT2D eigenvalue weighted by molar-refractivity contribution is -0.151. The van der Waals surface area contributed by atoms with E-state index in [4.69, 9.17) is 10.5 Å². The van der Waals surface area contributed by atoms with Crippen molar-refractivity contribution in [2.24, 2.45) is 5.41 Å². The number of esters is 1. The fourth-order valence-corrected chi connectivity index (χ4v) is 1.94. The van der Waals surface area contributed by atoms with Crippen molar-refractivity contribution in [2.75, 3.05) is 12.8 Å². The van der Waals surface area contributed by atoms with Crippen LogP contribution in [0.5, 0.6) is 0 Å². The molecule has 0 aliphatic heterocycles. The van der Waals surface area contributed by atoms with Gasteiger partial charge < -0.3 is 10.5 Å². The van der Waals surface area contributed by atoms with Crippen molar-refractivity contribution in [3.63, 3.8) is 0 Å². The van der Waals surface area contributed by atoms with Crippen LogP contribution in [-0.2, 0) is 16.1 Å². The largest absolute Gasteiger partial charge is 0.469 e. The molecule has 0 amide bonds. The molecule has 0 saturated carbocycles. The second kappa shape index (κ2) is 5.51. The van der Waals surface area contributed by atoms with E-state index in [1.54, 1.807) is 26.1 Å². The number of nitrogens with zero attached hydrogens (tertiary/aromatic N) is 3. The predicted molar refractivity (Wildman–Crippen MR) is 75.6 cm³/mol. The zero-order chi connectivity index (χ0) is 15.6. The fraction of sp³-hybridized carbons (Fsp3) is 0.357. The molecule has 2 aromatic rings. The average molecular weight is 292 g/mol. The van der Waals surface area contributed by atoms with Gasteiger partial charge in [0.05, 0.1) is 31.0 Å². The van der Waals surface area contributed by atoms with Gasteiger partial charge in [-0.05, 0) is 26.0 Å². The van der Waals surface area contributed by atoms with Crippen molar-refractivity contribution >= 4 is 11.7 Å². The van der Waals surface area contributed by atoms with Crippen LogP contribution < -0.4 is 5.73 Å². The maximum absolute atomic E-state index is 13.5. The maximum Gasteiger partial charge on any atom is 0.313 e. The Balaban J connectivity index is 2.22. The lowest BCUT2D eigenvalue weighted by Gasteiger charge is -2.20. The van der Waals surface area contributed by atoms with Gasteiger partial charge in [0.15, 0.2) is 0 Å². The van der Waals surface area contributed by atoms with Crippen LogP contribution in [0.25, 0.3) is 11.3 Å². The first kappa shape index (κ1) is 15.0. The first-order valence-electron chi connectivity index (χ1n) is 6.37. The molecule has 1 aromatic carbocycles. The van der Waals surface area contributed by atoms with Crippen LogP contribution in [0.1, 0.15) is 13.8 Å². The molecule has 0 spiro atoms. The van der Waals surface area contributed by atoms with E-state index >= 15 is 0 Å². The van der Waals surface area contributed by atoms with Gasteiger partial charge in [-0.25, -0.2) is 4.39 Å². The Bertz CT molecular complexity index is 667. The van der Waals surface area contributed by atoms with E-state index in [2.05, 4.69) is 10.3 Å². The lowest BCUT2D eigenvalue weighted by Crippen LogP contribution is -2.30. The van der Waals surface area contributed by atoms with E-state index in [0.717, 1.165) is 0 Å². The Morgan fingerprint density at radius 3 is 2.81 bits per heavy atom. The van der Waals surface area contributed by atoms with Gasteiger partial charge >= 0.3 is 5.97 Å². The fourth-order valence-electron chi connectivity index (χ4n) is 1.94. The zero-order valence-corrected chi connectivity index (χ0v) is 12.1. The summed E-state index contributed by atoms with van der Waals surface area (Å²) in [5.74, 6) is -0.838. The zero-order valence-electron chi connectivity index (χ0n) is 12.1. The molecule has 0 aliphatic rings. The molecule has 0 fully saturated rings. The minimum Gasteiger partial charge on any atom is -0.469 e. The molecular formula is C14H17FN4O2. The van der Waals surface area contributed by atoms with Crippen molar-refractivity contribution in [3.05, 3.63) is 30.2 Å². The minimum absolute atomic E-state index is 0.0815. The van der Waals surface area contributed by atoms with Crippen molar-refractivity contribution in [1.29, 1.82) is 0 Å². The van der Waals surface area contributed by atoms with Gasteiger partial charge in [-0.2, -0.15) is 0 Å². The number of rotatable bonds is 4. The number of aromatic nitrogens is 3. The molecule has 2 rings (SSSR count). The molecule has 21 heavy (non-hydrogen) atoms. The van der Waals surface area contributed by atoms with Gasteiger partial charge in [-0.1, -0.05) is 11.3 Å². The SMILES string of the molecule is COC(=O)C(C)(C)Cn1cc(-c2ccc(N)c(F)c2)nn1. The predicted octanol–water partition coefficient (Wildman–Crippen LogP) is 1.87. The highest BCUT2D eigenvalue weighted by Gasteiger charge is 2.29. The Morgan fingerprint density at radius 1 is 1.48 bits per heavy atom. The first-order valence-corrected chi connectivity index (χ1v) is 6.37. The number of halogens is 1. The monoisotopic (exact) mass is 292 g/mol. The van der Waals surface area contributed by atoms with Crippen molar-refractivity contribution in [2.45, 2.75) is 20.4 Å². The maximum atomic E-state index is 13.5. The van der Waals surface area contributed by atoms with Crippen LogP contribution in [0, 0.1) is 11.2 Å². The molecule has 0 radical (unpaired) electrons. The Hall–Kier alpha value is -2.44. The summed E-state index contributed by atoms with van der Waals surface area (Å²) < 4.78 is 19.7. The summed E-state index contributed by atoms with van der Waals surface area (Å²) >= 11 is 0. The number of carbonyl (C=O) groups is 1. The molecule has 7 heteroatoms. The van der Waals surface area contributed by atoms with Crippen LogP contribution in [0.15, 0.2) is 24.4 Å². The molecule has 6 nitrogen and oxygen atoms in total. The second-order valence-corrected chi connectivity index (χ2v) is 5.41. The van der Waals surface area contributed by atoms with E-state index in [1.165, 1.54) is 23.9 Å². The minimum atomic E-state index is -0.730. The number of ether oxygens (including phenoxy) is 1. The molecule has 0 atom stereocenters. The van der Waals surface area contributed by atoms with Gasteiger partial charge in [-0.3, -0.25) is 9.48 Å². The van der Waals surface area contributed by atoms with Gasteiger partial charge in [-0.15, -0.1) is 5.10 Å². The number of methoxy groups -OCH3 is 1. The summed E-state index contributed by atoms with van der Waals surface area (Å²) in [6.45, 7) is 3.82. The van der Waals surface area contributed by atoms with Crippen LogP contribution in [0.3, 0.4) is 0 Å². The standard InChI is InChI=1S/C14H17FN4O2/c1-14(2,13(20)21-3)8-19-7-12(17-18-19)9-4-5-11(16)10(15)6-9/h4-7H,8,16H2,1-3H3. The van der Waals surface area contributed by atoms with Gasteiger partial charge in [0.1, 0.15) is 11.5 Å². The molecule has 0 bridgehead atoms. The molecule has 0 aliphatic carbocycles. The van der Waals surface area contributed by atoms with Crippen LogP contribution in [-0.4, -0.2) is 28.1 Å². The first-order chi connectivity index (χ1) is 9.83. The number of hydrogen-bond acceptors (Lipinski definition) is 5. The summed E-state index contributed by atoms with van der Waals surface area (Å²) in [6.07, 6.45) is 1.65. The van der Waals surface area contributed by atoms with Crippen molar-refractivity contribution in [3.8, 4) is 11.3 Å². The molecule has 112 valence electrons. The smallest absolute Gasteiger partial charge is 0.313 e. The highest BCUT2D eigenvalue weighted by atomic mass is 19.1. The number of carbonyl (C=O) groups excluding carboxylic acids is 1. The summed E-state index contributed by atoms with van der Waals surface area (Å²) in [5.41, 5.74) is 5.87. The van der Waals surface area contributed by atoms with Gasteiger partial charge in [0.25, 0.3) is 0 Å². The Kier molecular flexibility index (Phi) is 3.93. The molecule has 0 saturated heterocycles. The molecule has 2 N–H and O–H groups in total. The average Bonchev–Trinajstić information content (AvgIpc) is 2.88. The van der Waals surface area contributed by atoms with E-state index in [1.807, 2.05) is 0 Å². The summed E-state index contributed by atoms with van der Waals surface area (Å²) in [5, 5.41) is 7.93. The van der Waals surface area contributed by atoms with E-state index in [9.17, 15) is 9.18 Å². The third-order valence-electron chi connectivity index (χ3n) is 3.13. The second-order valence-electron chi connectivity index (χ2n) is 5.41. The summed E-state index contributed by atoms with van der Waals surface area (Å²) in [4.78, 5) is 11.6. The third-order valence-corrected chi connectivity index (χ3v) is 3.13. The number of benzene rings is 1. The summed E-state index contributed by atoms with van der Waals surface area (Å²) in [7, 11) is 1.34. The van der Waals surface area contributed by atoms with Gasteiger partial charge in [0.2, 0.25) is 0 Å². The topological polar surface area (TPSA) is 83.0 Å². The molecular weight excluding hydrogens is 275 g/mol. The number of hydrogen-bond donors (Lipinski definition) is 1.